The molecule has 1 amide bonds. The van der Waals surface area contributed by atoms with Gasteiger partial charge in [0.15, 0.2) is 0 Å². The summed E-state index contributed by atoms with van der Waals surface area (Å²) in [6.45, 7) is 4.88. The maximum absolute atomic E-state index is 12.1. The molecule has 0 aliphatic carbocycles. The number of amides is 1. The Hall–Kier alpha value is -1.36. The van der Waals surface area contributed by atoms with Crippen molar-refractivity contribution in [2.24, 2.45) is 18.2 Å². The Labute approximate surface area is 102 Å². The molecule has 0 fully saturated rings. The van der Waals surface area contributed by atoms with Crippen molar-refractivity contribution in [3.63, 3.8) is 0 Å². The second-order valence-corrected chi connectivity index (χ2v) is 4.32. The number of aromatic nitrogens is 2. The molecule has 5 heteroatoms. The number of carbonyl (C=O) groups excluding carboxylic acids is 1. The average molecular weight is 238 g/mol. The lowest BCUT2D eigenvalue weighted by atomic mass is 9.81. The number of aryl methyl sites for hydroxylation is 1. The molecule has 17 heavy (non-hydrogen) atoms. The second-order valence-electron chi connectivity index (χ2n) is 4.32. The number of nitrogens with two attached hydrogens (primary N) is 1. The van der Waals surface area contributed by atoms with Crippen molar-refractivity contribution in [2.75, 3.05) is 6.54 Å². The molecule has 0 radical (unpaired) electrons. The Bertz CT molecular complexity index is 360. The molecule has 0 saturated heterocycles. The molecule has 0 unspecified atom stereocenters. The largest absolute Gasteiger partial charge is 0.350 e. The van der Waals surface area contributed by atoms with E-state index in [9.17, 15) is 4.79 Å². The fourth-order valence-electron chi connectivity index (χ4n) is 1.89. The Kier molecular flexibility index (Phi) is 4.69. The first-order chi connectivity index (χ1) is 8.09. The molecule has 0 aliphatic rings. The van der Waals surface area contributed by atoms with Gasteiger partial charge >= 0.3 is 0 Å². The highest BCUT2D eigenvalue weighted by atomic mass is 16.2. The average Bonchev–Trinajstić information content (AvgIpc) is 2.75. The van der Waals surface area contributed by atoms with Crippen LogP contribution in [0.1, 0.15) is 32.4 Å². The lowest BCUT2D eigenvalue weighted by Crippen LogP contribution is -2.45. The van der Waals surface area contributed by atoms with Crippen LogP contribution in [0.25, 0.3) is 0 Å². The first-order valence-corrected chi connectivity index (χ1v) is 6.05. The van der Waals surface area contributed by atoms with Gasteiger partial charge < -0.3 is 11.1 Å². The molecule has 5 nitrogen and oxygen atoms in total. The van der Waals surface area contributed by atoms with Gasteiger partial charge in [0.1, 0.15) is 0 Å². The second kappa shape index (κ2) is 5.82. The predicted octanol–water partition coefficient (Wildman–Crippen LogP) is 0.801. The molecule has 0 aliphatic heterocycles. The first-order valence-electron chi connectivity index (χ1n) is 6.05. The Morgan fingerprint density at radius 3 is 2.59 bits per heavy atom. The molecular weight excluding hydrogens is 216 g/mol. The lowest BCUT2D eigenvalue weighted by Gasteiger charge is -2.28. The normalized spacial score (nSPS) is 11.5. The third-order valence-electron chi connectivity index (χ3n) is 3.58. The van der Waals surface area contributed by atoms with E-state index in [0.29, 0.717) is 13.1 Å². The van der Waals surface area contributed by atoms with E-state index in [4.69, 9.17) is 5.73 Å². The molecule has 1 aromatic rings. The number of hydrogen-bond acceptors (Lipinski definition) is 3. The minimum atomic E-state index is -0.432. The van der Waals surface area contributed by atoms with E-state index in [1.165, 1.54) is 0 Å². The number of rotatable bonds is 6. The summed E-state index contributed by atoms with van der Waals surface area (Å²) in [4.78, 5) is 12.1. The Morgan fingerprint density at radius 1 is 1.53 bits per heavy atom. The van der Waals surface area contributed by atoms with Crippen LogP contribution < -0.4 is 11.1 Å². The van der Waals surface area contributed by atoms with Crippen LogP contribution in [0.4, 0.5) is 0 Å². The maximum Gasteiger partial charge on any atom is 0.227 e. The molecule has 96 valence electrons. The third kappa shape index (κ3) is 2.85. The highest BCUT2D eigenvalue weighted by Crippen LogP contribution is 2.24. The van der Waals surface area contributed by atoms with Crippen molar-refractivity contribution >= 4 is 5.91 Å². The minimum absolute atomic E-state index is 0.0335. The van der Waals surface area contributed by atoms with E-state index in [1.54, 1.807) is 10.9 Å². The quantitative estimate of drug-likeness (QED) is 0.770. The van der Waals surface area contributed by atoms with E-state index in [-0.39, 0.29) is 5.91 Å². The van der Waals surface area contributed by atoms with Crippen molar-refractivity contribution in [3.05, 3.63) is 18.0 Å². The minimum Gasteiger partial charge on any atom is -0.350 e. The molecule has 1 aromatic heterocycles. The van der Waals surface area contributed by atoms with E-state index >= 15 is 0 Å². The van der Waals surface area contributed by atoms with E-state index in [1.807, 2.05) is 27.0 Å². The van der Waals surface area contributed by atoms with E-state index in [2.05, 4.69) is 10.4 Å². The van der Waals surface area contributed by atoms with Gasteiger partial charge in [0.05, 0.1) is 17.7 Å². The third-order valence-corrected chi connectivity index (χ3v) is 3.58. The summed E-state index contributed by atoms with van der Waals surface area (Å²) in [5, 5.41) is 7.00. The SMILES string of the molecule is CCC(CC)(CN)C(=O)NCc1ccnn1C. The van der Waals surface area contributed by atoms with Crippen LogP contribution >= 0.6 is 0 Å². The molecule has 0 atom stereocenters. The monoisotopic (exact) mass is 238 g/mol. The lowest BCUT2D eigenvalue weighted by molar-refractivity contribution is -0.131. The van der Waals surface area contributed by atoms with Crippen LogP contribution in [0.2, 0.25) is 0 Å². The molecule has 0 aromatic carbocycles. The zero-order valence-electron chi connectivity index (χ0n) is 10.9. The van der Waals surface area contributed by atoms with E-state index in [0.717, 1.165) is 18.5 Å². The van der Waals surface area contributed by atoms with Gasteiger partial charge in [-0.15, -0.1) is 0 Å². The van der Waals surface area contributed by atoms with Crippen LogP contribution in [0.3, 0.4) is 0 Å². The summed E-state index contributed by atoms with van der Waals surface area (Å²) in [6.07, 6.45) is 3.24. The van der Waals surface area contributed by atoms with Gasteiger partial charge in [-0.05, 0) is 18.9 Å². The van der Waals surface area contributed by atoms with Gasteiger partial charge in [0.25, 0.3) is 0 Å². The smallest absolute Gasteiger partial charge is 0.227 e. The van der Waals surface area contributed by atoms with Gasteiger partial charge in [-0.2, -0.15) is 5.10 Å². The molecule has 1 heterocycles. The summed E-state index contributed by atoms with van der Waals surface area (Å²) in [5.41, 5.74) is 6.28. The van der Waals surface area contributed by atoms with Crippen LogP contribution in [0.5, 0.6) is 0 Å². The summed E-state index contributed by atoms with van der Waals surface area (Å²) in [5.74, 6) is 0.0335. The predicted molar refractivity (Wildman–Crippen MR) is 67.1 cm³/mol. The van der Waals surface area contributed by atoms with Crippen molar-refractivity contribution in [2.45, 2.75) is 33.2 Å². The summed E-state index contributed by atoms with van der Waals surface area (Å²) >= 11 is 0. The van der Waals surface area contributed by atoms with Crippen molar-refractivity contribution in [1.82, 2.24) is 15.1 Å². The molecule has 0 spiro atoms. The Balaban J connectivity index is 2.63. The number of hydrogen-bond donors (Lipinski definition) is 2. The fourth-order valence-corrected chi connectivity index (χ4v) is 1.89. The van der Waals surface area contributed by atoms with Crippen molar-refractivity contribution in [1.29, 1.82) is 0 Å². The first kappa shape index (κ1) is 13.7. The topological polar surface area (TPSA) is 72.9 Å². The fraction of sp³-hybridized carbons (Fsp3) is 0.667. The van der Waals surface area contributed by atoms with Crippen molar-refractivity contribution in [3.8, 4) is 0 Å². The van der Waals surface area contributed by atoms with Gasteiger partial charge in [-0.25, -0.2) is 0 Å². The van der Waals surface area contributed by atoms with E-state index < -0.39 is 5.41 Å². The summed E-state index contributed by atoms with van der Waals surface area (Å²) in [7, 11) is 1.86. The zero-order chi connectivity index (χ0) is 12.9. The Morgan fingerprint density at radius 2 is 2.18 bits per heavy atom. The van der Waals surface area contributed by atoms with Gasteiger partial charge in [-0.3, -0.25) is 9.48 Å². The standard InChI is InChI=1S/C12H22N4O/c1-4-12(5-2,9-13)11(17)14-8-10-6-7-15-16(10)3/h6-7H,4-5,8-9,13H2,1-3H3,(H,14,17). The highest BCUT2D eigenvalue weighted by molar-refractivity contribution is 5.82. The molecule has 0 bridgehead atoms. The molecule has 0 saturated carbocycles. The molecular formula is C12H22N4O. The van der Waals surface area contributed by atoms with Gasteiger partial charge in [0, 0.05) is 19.8 Å². The number of nitrogens with one attached hydrogen (secondary N) is 1. The zero-order valence-corrected chi connectivity index (χ0v) is 10.9. The maximum atomic E-state index is 12.1. The van der Waals surface area contributed by atoms with Crippen LogP contribution in [-0.4, -0.2) is 22.2 Å². The van der Waals surface area contributed by atoms with Crippen molar-refractivity contribution < 1.29 is 4.79 Å². The molecule has 3 N–H and O–H groups in total. The number of nitrogens with zero attached hydrogens (tertiary/aromatic N) is 2. The number of carbonyl (C=O) groups is 1. The van der Waals surface area contributed by atoms with Crippen LogP contribution in [-0.2, 0) is 18.4 Å². The van der Waals surface area contributed by atoms with Crippen LogP contribution in [0, 0.1) is 5.41 Å². The highest BCUT2D eigenvalue weighted by Gasteiger charge is 2.32. The van der Waals surface area contributed by atoms with Crippen LogP contribution in [0.15, 0.2) is 12.3 Å². The summed E-state index contributed by atoms with van der Waals surface area (Å²) < 4.78 is 1.75. The summed E-state index contributed by atoms with van der Waals surface area (Å²) in [6, 6.07) is 1.89. The van der Waals surface area contributed by atoms with Gasteiger partial charge in [0.2, 0.25) is 5.91 Å². The molecule has 1 rings (SSSR count). The van der Waals surface area contributed by atoms with Gasteiger partial charge in [-0.1, -0.05) is 13.8 Å².